The highest BCUT2D eigenvalue weighted by molar-refractivity contribution is 6.69. The summed E-state index contributed by atoms with van der Waals surface area (Å²) in [5.74, 6) is 2.75. The summed E-state index contributed by atoms with van der Waals surface area (Å²) in [5, 5.41) is 0. The zero-order valence-corrected chi connectivity index (χ0v) is 12.5. The van der Waals surface area contributed by atoms with E-state index in [-0.39, 0.29) is 5.60 Å². The van der Waals surface area contributed by atoms with E-state index in [1.807, 2.05) is 0 Å². The minimum absolute atomic E-state index is 0.124. The smallest absolute Gasteiger partial charge is 0.184 e. The van der Waals surface area contributed by atoms with Crippen LogP contribution >= 0.6 is 0 Å². The fourth-order valence-electron chi connectivity index (χ4n) is 1.89. The lowest BCUT2D eigenvalue weighted by molar-refractivity contribution is 0.0744. The molecular formula is C14H26OSi. The summed E-state index contributed by atoms with van der Waals surface area (Å²) in [6.07, 6.45) is 13.8. The van der Waals surface area contributed by atoms with Gasteiger partial charge < -0.3 is 4.43 Å². The SMILES string of the molecule is C#CCC(C)(CCCC=CC)O[Si](C)(C)C. The van der Waals surface area contributed by atoms with E-state index in [0.29, 0.717) is 6.42 Å². The van der Waals surface area contributed by atoms with Crippen LogP contribution in [-0.2, 0) is 4.43 Å². The topological polar surface area (TPSA) is 9.23 Å². The number of hydrogen-bond acceptors (Lipinski definition) is 1. The van der Waals surface area contributed by atoms with E-state index in [4.69, 9.17) is 10.8 Å². The van der Waals surface area contributed by atoms with Gasteiger partial charge in [0.1, 0.15) is 0 Å². The van der Waals surface area contributed by atoms with Crippen LogP contribution in [0.1, 0.15) is 39.5 Å². The Morgan fingerprint density at radius 2 is 2.00 bits per heavy atom. The Kier molecular flexibility index (Phi) is 6.70. The van der Waals surface area contributed by atoms with Crippen molar-refractivity contribution in [3.63, 3.8) is 0 Å². The van der Waals surface area contributed by atoms with Crippen molar-refractivity contribution >= 4 is 8.32 Å². The highest BCUT2D eigenvalue weighted by Gasteiger charge is 2.30. The Bertz CT molecular complexity index is 257. The Morgan fingerprint density at radius 1 is 1.38 bits per heavy atom. The average molecular weight is 238 g/mol. The molecule has 1 nitrogen and oxygen atoms in total. The molecule has 0 radical (unpaired) electrons. The van der Waals surface area contributed by atoms with Crippen LogP contribution in [0.15, 0.2) is 12.2 Å². The molecule has 0 amide bonds. The first-order valence-corrected chi connectivity index (χ1v) is 9.48. The second-order valence-corrected chi connectivity index (χ2v) is 9.94. The molecule has 0 saturated carbocycles. The van der Waals surface area contributed by atoms with Gasteiger partial charge in [-0.2, -0.15) is 0 Å². The lowest BCUT2D eigenvalue weighted by Gasteiger charge is -2.35. The summed E-state index contributed by atoms with van der Waals surface area (Å²) >= 11 is 0. The molecular weight excluding hydrogens is 212 g/mol. The van der Waals surface area contributed by atoms with Crippen molar-refractivity contribution in [2.24, 2.45) is 0 Å². The molecule has 0 aromatic carbocycles. The van der Waals surface area contributed by atoms with E-state index in [9.17, 15) is 0 Å². The number of rotatable bonds is 7. The maximum absolute atomic E-state index is 6.22. The molecule has 92 valence electrons. The van der Waals surface area contributed by atoms with Gasteiger partial charge in [0.25, 0.3) is 0 Å². The van der Waals surface area contributed by atoms with Gasteiger partial charge in [-0.05, 0) is 52.8 Å². The van der Waals surface area contributed by atoms with Gasteiger partial charge in [0.2, 0.25) is 0 Å². The Morgan fingerprint density at radius 3 is 2.44 bits per heavy atom. The highest BCUT2D eigenvalue weighted by atomic mass is 28.4. The van der Waals surface area contributed by atoms with E-state index < -0.39 is 8.32 Å². The molecule has 0 fully saturated rings. The predicted molar refractivity (Wildman–Crippen MR) is 75.0 cm³/mol. The monoisotopic (exact) mass is 238 g/mol. The van der Waals surface area contributed by atoms with Crippen LogP contribution in [0, 0.1) is 12.3 Å². The first kappa shape index (κ1) is 15.5. The summed E-state index contributed by atoms with van der Waals surface area (Å²) in [6.45, 7) is 10.9. The third-order valence-electron chi connectivity index (χ3n) is 2.34. The highest BCUT2D eigenvalue weighted by Crippen LogP contribution is 2.26. The molecule has 1 atom stereocenters. The van der Waals surface area contributed by atoms with Crippen LogP contribution in [0.4, 0.5) is 0 Å². The molecule has 0 aliphatic heterocycles. The Labute approximate surface area is 102 Å². The zero-order valence-electron chi connectivity index (χ0n) is 11.5. The quantitative estimate of drug-likeness (QED) is 0.277. The van der Waals surface area contributed by atoms with E-state index in [1.54, 1.807) is 0 Å². The van der Waals surface area contributed by atoms with Crippen molar-refractivity contribution in [1.29, 1.82) is 0 Å². The lowest BCUT2D eigenvalue weighted by atomic mass is 9.96. The molecule has 0 saturated heterocycles. The molecule has 0 spiro atoms. The fraction of sp³-hybridized carbons (Fsp3) is 0.714. The summed E-state index contributed by atoms with van der Waals surface area (Å²) < 4.78 is 6.22. The van der Waals surface area contributed by atoms with Crippen molar-refractivity contribution in [2.45, 2.75) is 64.8 Å². The van der Waals surface area contributed by atoms with Gasteiger partial charge in [0.15, 0.2) is 8.32 Å². The zero-order chi connectivity index (χ0) is 12.7. The summed E-state index contributed by atoms with van der Waals surface area (Å²) in [6, 6.07) is 0. The van der Waals surface area contributed by atoms with E-state index in [1.165, 1.54) is 0 Å². The normalized spacial score (nSPS) is 16.0. The minimum atomic E-state index is -1.51. The molecule has 0 aliphatic carbocycles. The van der Waals surface area contributed by atoms with Gasteiger partial charge in [-0.25, -0.2) is 0 Å². The van der Waals surface area contributed by atoms with Crippen LogP contribution < -0.4 is 0 Å². The second kappa shape index (κ2) is 6.93. The Balaban J connectivity index is 4.28. The molecule has 16 heavy (non-hydrogen) atoms. The maximum Gasteiger partial charge on any atom is 0.184 e. The molecule has 0 N–H and O–H groups in total. The van der Waals surface area contributed by atoms with Gasteiger partial charge in [-0.3, -0.25) is 0 Å². The first-order valence-electron chi connectivity index (χ1n) is 6.08. The van der Waals surface area contributed by atoms with Crippen molar-refractivity contribution in [3.8, 4) is 12.3 Å². The Hall–Kier alpha value is -0.523. The van der Waals surface area contributed by atoms with E-state index in [2.05, 4.69) is 51.6 Å². The molecule has 0 aromatic heterocycles. The standard InChI is InChI=1S/C14H26OSi/c1-7-9-10-11-13-14(3,12-8-2)15-16(4,5)6/h2,7,9H,10-13H2,1,3-6H3. The number of terminal acetylenes is 1. The molecule has 1 unspecified atom stereocenters. The van der Waals surface area contributed by atoms with Crippen LogP contribution in [0.3, 0.4) is 0 Å². The molecule has 0 rings (SSSR count). The van der Waals surface area contributed by atoms with E-state index in [0.717, 1.165) is 19.3 Å². The van der Waals surface area contributed by atoms with Crippen LogP contribution in [0.5, 0.6) is 0 Å². The van der Waals surface area contributed by atoms with Crippen molar-refractivity contribution < 1.29 is 4.43 Å². The summed E-state index contributed by atoms with van der Waals surface area (Å²) in [4.78, 5) is 0. The number of unbranched alkanes of at least 4 members (excludes halogenated alkanes) is 1. The molecule has 0 heterocycles. The van der Waals surface area contributed by atoms with Crippen molar-refractivity contribution in [3.05, 3.63) is 12.2 Å². The fourth-order valence-corrected chi connectivity index (χ4v) is 3.54. The van der Waals surface area contributed by atoms with Gasteiger partial charge in [0, 0.05) is 6.42 Å². The average Bonchev–Trinajstić information content (AvgIpc) is 2.10. The van der Waals surface area contributed by atoms with E-state index >= 15 is 0 Å². The van der Waals surface area contributed by atoms with Crippen LogP contribution in [0.2, 0.25) is 19.6 Å². The number of hydrogen-bond donors (Lipinski definition) is 0. The third-order valence-corrected chi connectivity index (χ3v) is 3.45. The van der Waals surface area contributed by atoms with Gasteiger partial charge in [-0.15, -0.1) is 12.3 Å². The molecule has 2 heteroatoms. The lowest BCUT2D eigenvalue weighted by Crippen LogP contribution is -2.40. The maximum atomic E-state index is 6.22. The largest absolute Gasteiger partial charge is 0.411 e. The van der Waals surface area contributed by atoms with Gasteiger partial charge in [-0.1, -0.05) is 12.2 Å². The molecule has 0 bridgehead atoms. The van der Waals surface area contributed by atoms with Crippen LogP contribution in [-0.4, -0.2) is 13.9 Å². The molecule has 0 aromatic rings. The second-order valence-electron chi connectivity index (χ2n) is 5.51. The van der Waals surface area contributed by atoms with Gasteiger partial charge in [0.05, 0.1) is 5.60 Å². The third kappa shape index (κ3) is 7.73. The van der Waals surface area contributed by atoms with Crippen LogP contribution in [0.25, 0.3) is 0 Å². The number of allylic oxidation sites excluding steroid dienone is 2. The summed E-state index contributed by atoms with van der Waals surface area (Å²) in [7, 11) is -1.51. The molecule has 0 aliphatic rings. The first-order chi connectivity index (χ1) is 7.33. The summed E-state index contributed by atoms with van der Waals surface area (Å²) in [5.41, 5.74) is -0.124. The minimum Gasteiger partial charge on any atom is -0.411 e. The van der Waals surface area contributed by atoms with Crippen molar-refractivity contribution in [1.82, 2.24) is 0 Å². The predicted octanol–water partition coefficient (Wildman–Crippen LogP) is 4.37. The van der Waals surface area contributed by atoms with Gasteiger partial charge >= 0.3 is 0 Å². The van der Waals surface area contributed by atoms with Crippen molar-refractivity contribution in [2.75, 3.05) is 0 Å².